The minimum absolute atomic E-state index is 0.201. The molecule has 1 fully saturated rings. The van der Waals surface area contributed by atoms with Crippen molar-refractivity contribution >= 4 is 11.0 Å². The van der Waals surface area contributed by atoms with Crippen molar-refractivity contribution in [2.75, 3.05) is 7.11 Å². The maximum atomic E-state index is 6.58. The van der Waals surface area contributed by atoms with Gasteiger partial charge in [-0.3, -0.25) is 0 Å². The van der Waals surface area contributed by atoms with Gasteiger partial charge in [0, 0.05) is 12.5 Å². The Morgan fingerprint density at radius 2 is 1.90 bits per heavy atom. The molecule has 1 heterocycles. The van der Waals surface area contributed by atoms with E-state index in [0.717, 1.165) is 35.1 Å². The van der Waals surface area contributed by atoms with Gasteiger partial charge in [0.05, 0.1) is 11.6 Å². The number of ether oxygens (including phenoxy) is 1. The molecule has 1 aliphatic rings. The predicted molar refractivity (Wildman–Crippen MR) is 85.3 cm³/mol. The molecule has 0 saturated heterocycles. The van der Waals surface area contributed by atoms with E-state index in [2.05, 4.69) is 31.2 Å². The second-order valence-electron chi connectivity index (χ2n) is 6.30. The van der Waals surface area contributed by atoms with Crippen LogP contribution in [0.15, 0.2) is 28.7 Å². The van der Waals surface area contributed by atoms with Crippen LogP contribution < -0.4 is 5.73 Å². The van der Waals surface area contributed by atoms with Gasteiger partial charge in [0.1, 0.15) is 11.3 Å². The van der Waals surface area contributed by atoms with Crippen molar-refractivity contribution in [2.24, 2.45) is 5.73 Å². The summed E-state index contributed by atoms with van der Waals surface area (Å²) in [5, 5.41) is 1.13. The molecule has 0 spiro atoms. The van der Waals surface area contributed by atoms with Gasteiger partial charge < -0.3 is 14.9 Å². The van der Waals surface area contributed by atoms with E-state index < -0.39 is 0 Å². The number of nitrogens with two attached hydrogens (primary N) is 1. The molecule has 114 valence electrons. The van der Waals surface area contributed by atoms with E-state index in [9.17, 15) is 0 Å². The Hall–Kier alpha value is -1.32. The number of hydrogen-bond donors (Lipinski definition) is 1. The first kappa shape index (κ1) is 14.6. The Morgan fingerprint density at radius 1 is 1.19 bits per heavy atom. The van der Waals surface area contributed by atoms with Gasteiger partial charge in [-0.15, -0.1) is 0 Å². The van der Waals surface area contributed by atoms with Crippen molar-refractivity contribution < 1.29 is 9.15 Å². The molecule has 1 unspecified atom stereocenters. The highest BCUT2D eigenvalue weighted by molar-refractivity contribution is 5.81. The van der Waals surface area contributed by atoms with Crippen LogP contribution in [0.25, 0.3) is 11.0 Å². The molecule has 1 aliphatic carbocycles. The molecule has 1 aromatic heterocycles. The minimum Gasteiger partial charge on any atom is -0.459 e. The third-order valence-corrected chi connectivity index (χ3v) is 4.99. The molecule has 2 aromatic rings. The van der Waals surface area contributed by atoms with E-state index in [1.165, 1.54) is 25.7 Å². The summed E-state index contributed by atoms with van der Waals surface area (Å²) in [6.07, 6.45) is 6.94. The molecule has 3 heteroatoms. The lowest BCUT2D eigenvalue weighted by atomic mass is 9.85. The Bertz CT molecular complexity index is 609. The maximum absolute atomic E-state index is 6.58. The number of para-hydroxylation sites is 1. The van der Waals surface area contributed by atoms with Gasteiger partial charge in [-0.2, -0.15) is 0 Å². The number of methoxy groups -OCH3 is 1. The quantitative estimate of drug-likeness (QED) is 0.847. The highest BCUT2D eigenvalue weighted by Crippen LogP contribution is 2.40. The zero-order valence-electron chi connectivity index (χ0n) is 13.0. The molecule has 0 amide bonds. The van der Waals surface area contributed by atoms with Crippen molar-refractivity contribution in [3.8, 4) is 0 Å². The fourth-order valence-corrected chi connectivity index (χ4v) is 3.61. The molecule has 0 bridgehead atoms. The monoisotopic (exact) mass is 287 g/mol. The summed E-state index contributed by atoms with van der Waals surface area (Å²) >= 11 is 0. The van der Waals surface area contributed by atoms with Crippen LogP contribution in [0, 0.1) is 6.92 Å². The molecular weight excluding hydrogens is 262 g/mol. The third-order valence-electron chi connectivity index (χ3n) is 4.99. The lowest BCUT2D eigenvalue weighted by Gasteiger charge is -2.36. The van der Waals surface area contributed by atoms with Crippen LogP contribution in [0.4, 0.5) is 0 Å². The van der Waals surface area contributed by atoms with Crippen molar-refractivity contribution in [2.45, 2.75) is 57.1 Å². The van der Waals surface area contributed by atoms with Gasteiger partial charge >= 0.3 is 0 Å². The summed E-state index contributed by atoms with van der Waals surface area (Å²) in [6, 6.07) is 8.08. The van der Waals surface area contributed by atoms with E-state index in [0.29, 0.717) is 0 Å². The molecule has 0 aliphatic heterocycles. The first-order valence-corrected chi connectivity index (χ1v) is 7.96. The van der Waals surface area contributed by atoms with Crippen LogP contribution in [0.5, 0.6) is 0 Å². The third kappa shape index (κ3) is 2.60. The number of rotatable bonds is 3. The second-order valence-corrected chi connectivity index (χ2v) is 6.30. The van der Waals surface area contributed by atoms with Crippen LogP contribution in [0.3, 0.4) is 0 Å². The summed E-state index contributed by atoms with van der Waals surface area (Å²) in [4.78, 5) is 0. The average molecular weight is 287 g/mol. The lowest BCUT2D eigenvalue weighted by molar-refractivity contribution is -0.0484. The zero-order valence-corrected chi connectivity index (χ0v) is 13.0. The van der Waals surface area contributed by atoms with Crippen molar-refractivity contribution in [3.63, 3.8) is 0 Å². The summed E-state index contributed by atoms with van der Waals surface area (Å²) in [7, 11) is 1.79. The summed E-state index contributed by atoms with van der Waals surface area (Å²) in [5.41, 5.74) is 8.40. The van der Waals surface area contributed by atoms with Crippen LogP contribution in [-0.4, -0.2) is 12.7 Å². The normalized spacial score (nSPS) is 20.3. The first-order valence-electron chi connectivity index (χ1n) is 7.96. The Morgan fingerprint density at radius 3 is 2.52 bits per heavy atom. The molecule has 1 atom stereocenters. The Labute approximate surface area is 126 Å². The highest BCUT2D eigenvalue weighted by Gasteiger charge is 2.39. The number of benzene rings is 1. The van der Waals surface area contributed by atoms with Gasteiger partial charge in [0.15, 0.2) is 0 Å². The second kappa shape index (κ2) is 5.82. The van der Waals surface area contributed by atoms with Crippen molar-refractivity contribution in [1.29, 1.82) is 0 Å². The average Bonchev–Trinajstić information content (AvgIpc) is 2.79. The largest absolute Gasteiger partial charge is 0.459 e. The number of hydrogen-bond acceptors (Lipinski definition) is 3. The Balaban J connectivity index is 1.97. The standard InChI is InChI=1S/C18H25NO2/c1-13-8-7-9-14-12-15(21-16(13)14)17(19)18(20-2)10-5-3-4-6-11-18/h7-9,12,17H,3-6,10-11,19H2,1-2H3. The van der Waals surface area contributed by atoms with Crippen LogP contribution in [0.1, 0.15) is 55.9 Å². The molecule has 3 rings (SSSR count). The summed E-state index contributed by atoms with van der Waals surface area (Å²) in [5.74, 6) is 0.850. The molecule has 1 aromatic carbocycles. The lowest BCUT2D eigenvalue weighted by Crippen LogP contribution is -2.42. The van der Waals surface area contributed by atoms with E-state index in [-0.39, 0.29) is 11.6 Å². The fraction of sp³-hybridized carbons (Fsp3) is 0.556. The minimum atomic E-state index is -0.279. The molecular formula is C18H25NO2. The molecule has 21 heavy (non-hydrogen) atoms. The van der Waals surface area contributed by atoms with Crippen LogP contribution in [-0.2, 0) is 4.74 Å². The zero-order chi connectivity index (χ0) is 14.9. The predicted octanol–water partition coefficient (Wildman–Crippen LogP) is 4.48. The van der Waals surface area contributed by atoms with Crippen LogP contribution >= 0.6 is 0 Å². The van der Waals surface area contributed by atoms with E-state index in [1.807, 2.05) is 0 Å². The molecule has 3 nitrogen and oxygen atoms in total. The Kier molecular flexibility index (Phi) is 4.05. The summed E-state index contributed by atoms with van der Waals surface area (Å²) in [6.45, 7) is 2.07. The molecule has 0 radical (unpaired) electrons. The van der Waals surface area contributed by atoms with E-state index >= 15 is 0 Å². The fourth-order valence-electron chi connectivity index (χ4n) is 3.61. The number of furan rings is 1. The van der Waals surface area contributed by atoms with E-state index in [4.69, 9.17) is 14.9 Å². The van der Waals surface area contributed by atoms with Gasteiger partial charge in [-0.25, -0.2) is 0 Å². The van der Waals surface area contributed by atoms with Gasteiger partial charge in [0.25, 0.3) is 0 Å². The van der Waals surface area contributed by atoms with Crippen molar-refractivity contribution in [1.82, 2.24) is 0 Å². The topological polar surface area (TPSA) is 48.4 Å². The van der Waals surface area contributed by atoms with E-state index in [1.54, 1.807) is 7.11 Å². The summed E-state index contributed by atoms with van der Waals surface area (Å²) < 4.78 is 12.0. The number of aryl methyl sites for hydroxylation is 1. The SMILES string of the molecule is COC1(C(N)c2cc3cccc(C)c3o2)CCCCCC1. The smallest absolute Gasteiger partial charge is 0.137 e. The van der Waals surface area contributed by atoms with Crippen molar-refractivity contribution in [3.05, 3.63) is 35.6 Å². The molecule has 2 N–H and O–H groups in total. The highest BCUT2D eigenvalue weighted by atomic mass is 16.5. The number of fused-ring (bicyclic) bond motifs is 1. The van der Waals surface area contributed by atoms with Gasteiger partial charge in [-0.05, 0) is 31.4 Å². The maximum Gasteiger partial charge on any atom is 0.137 e. The van der Waals surface area contributed by atoms with Gasteiger partial charge in [0.2, 0.25) is 0 Å². The van der Waals surface area contributed by atoms with Crippen LogP contribution in [0.2, 0.25) is 0 Å². The molecule has 1 saturated carbocycles. The first-order chi connectivity index (χ1) is 10.2. The van der Waals surface area contributed by atoms with Gasteiger partial charge in [-0.1, -0.05) is 43.9 Å².